The van der Waals surface area contributed by atoms with Crippen LogP contribution < -0.4 is 0 Å². The predicted molar refractivity (Wildman–Crippen MR) is 65.1 cm³/mol. The highest BCUT2D eigenvalue weighted by atomic mass is 19.1. The Balaban J connectivity index is 1.85. The van der Waals surface area contributed by atoms with Gasteiger partial charge in [-0.3, -0.25) is 9.69 Å². The Morgan fingerprint density at radius 1 is 1.29 bits per heavy atom. The molecule has 0 N–H and O–H groups in total. The fourth-order valence-electron chi connectivity index (χ4n) is 2.35. The molecule has 0 aliphatic carbocycles. The third kappa shape index (κ3) is 3.37. The second-order valence-corrected chi connectivity index (χ2v) is 4.79. The van der Waals surface area contributed by atoms with E-state index in [1.54, 1.807) is 6.92 Å². The van der Waals surface area contributed by atoms with Crippen LogP contribution in [0.1, 0.15) is 25.3 Å². The number of likely N-dealkylation sites (tertiary alicyclic amines) is 1. The first-order valence-electron chi connectivity index (χ1n) is 6.12. The second-order valence-electron chi connectivity index (χ2n) is 4.79. The van der Waals surface area contributed by atoms with Crippen LogP contribution >= 0.6 is 0 Å². The van der Waals surface area contributed by atoms with Gasteiger partial charge in [-0.05, 0) is 50.6 Å². The number of carbonyl (C=O) groups excluding carboxylic acids is 1. The van der Waals surface area contributed by atoms with Gasteiger partial charge in [0.25, 0.3) is 0 Å². The zero-order chi connectivity index (χ0) is 12.3. The topological polar surface area (TPSA) is 20.3 Å². The van der Waals surface area contributed by atoms with Crippen LogP contribution in [0, 0.1) is 11.7 Å². The molecular weight excluding hydrogens is 217 g/mol. The van der Waals surface area contributed by atoms with Crippen LogP contribution in [0.4, 0.5) is 4.39 Å². The highest BCUT2D eigenvalue weighted by Gasteiger charge is 2.21. The van der Waals surface area contributed by atoms with E-state index in [-0.39, 0.29) is 11.7 Å². The summed E-state index contributed by atoms with van der Waals surface area (Å²) >= 11 is 0. The molecule has 0 aromatic heterocycles. The lowest BCUT2D eigenvalue weighted by molar-refractivity contribution is -0.122. The van der Waals surface area contributed by atoms with E-state index in [0.717, 1.165) is 38.0 Å². The summed E-state index contributed by atoms with van der Waals surface area (Å²) in [5, 5.41) is 0. The number of piperidine rings is 1. The van der Waals surface area contributed by atoms with E-state index in [1.165, 1.54) is 12.1 Å². The molecule has 1 aromatic rings. The first kappa shape index (κ1) is 12.2. The number of hydrogen-bond acceptors (Lipinski definition) is 2. The monoisotopic (exact) mass is 235 g/mol. The molecule has 0 atom stereocenters. The van der Waals surface area contributed by atoms with Crippen LogP contribution in [-0.2, 0) is 11.3 Å². The molecule has 1 heterocycles. The number of halogens is 1. The average Bonchev–Trinajstić information content (AvgIpc) is 2.33. The van der Waals surface area contributed by atoms with Crippen molar-refractivity contribution in [2.45, 2.75) is 26.3 Å². The highest BCUT2D eigenvalue weighted by Crippen LogP contribution is 2.19. The number of hydrogen-bond donors (Lipinski definition) is 0. The van der Waals surface area contributed by atoms with Crippen LogP contribution in [0.3, 0.4) is 0 Å². The Hall–Kier alpha value is -1.22. The molecule has 0 radical (unpaired) electrons. The van der Waals surface area contributed by atoms with Gasteiger partial charge >= 0.3 is 0 Å². The molecule has 2 rings (SSSR count). The Labute approximate surface area is 101 Å². The van der Waals surface area contributed by atoms with Crippen molar-refractivity contribution in [1.82, 2.24) is 4.90 Å². The van der Waals surface area contributed by atoms with Gasteiger partial charge in [0.2, 0.25) is 0 Å². The van der Waals surface area contributed by atoms with E-state index < -0.39 is 0 Å². The number of nitrogens with zero attached hydrogens (tertiary/aromatic N) is 1. The van der Waals surface area contributed by atoms with Crippen molar-refractivity contribution in [2.75, 3.05) is 13.1 Å². The zero-order valence-corrected chi connectivity index (χ0v) is 10.2. The molecule has 1 aliphatic rings. The van der Waals surface area contributed by atoms with Crippen molar-refractivity contribution >= 4 is 5.78 Å². The van der Waals surface area contributed by atoms with Crippen molar-refractivity contribution in [3.8, 4) is 0 Å². The highest BCUT2D eigenvalue weighted by molar-refractivity contribution is 5.78. The summed E-state index contributed by atoms with van der Waals surface area (Å²) in [5.41, 5.74) is 1.13. The average molecular weight is 235 g/mol. The largest absolute Gasteiger partial charge is 0.300 e. The van der Waals surface area contributed by atoms with Crippen LogP contribution in [0.2, 0.25) is 0 Å². The summed E-state index contributed by atoms with van der Waals surface area (Å²) in [5.74, 6) is 0.370. The lowest BCUT2D eigenvalue weighted by atomic mass is 9.93. The number of Topliss-reactive ketones (excluding diaryl/α,β-unsaturated/α-hetero) is 1. The van der Waals surface area contributed by atoms with Gasteiger partial charge in [-0.25, -0.2) is 4.39 Å². The number of ketones is 1. The maximum absolute atomic E-state index is 12.8. The van der Waals surface area contributed by atoms with E-state index in [9.17, 15) is 9.18 Å². The lowest BCUT2D eigenvalue weighted by Crippen LogP contribution is -2.35. The smallest absolute Gasteiger partial charge is 0.133 e. The molecule has 0 amide bonds. The molecule has 1 fully saturated rings. The Kier molecular flexibility index (Phi) is 3.89. The maximum atomic E-state index is 12.8. The molecule has 2 nitrogen and oxygen atoms in total. The van der Waals surface area contributed by atoms with Gasteiger partial charge in [0, 0.05) is 12.5 Å². The minimum atomic E-state index is -0.191. The number of benzene rings is 1. The normalized spacial score (nSPS) is 18.2. The number of rotatable bonds is 3. The van der Waals surface area contributed by atoms with Gasteiger partial charge in [-0.2, -0.15) is 0 Å². The van der Waals surface area contributed by atoms with Crippen LogP contribution in [0.15, 0.2) is 24.3 Å². The van der Waals surface area contributed by atoms with E-state index >= 15 is 0 Å². The van der Waals surface area contributed by atoms with Gasteiger partial charge in [0.05, 0.1) is 0 Å². The first-order valence-corrected chi connectivity index (χ1v) is 6.12. The molecule has 1 aliphatic heterocycles. The molecule has 0 unspecified atom stereocenters. The quantitative estimate of drug-likeness (QED) is 0.802. The lowest BCUT2D eigenvalue weighted by Gasteiger charge is -2.30. The fourth-order valence-corrected chi connectivity index (χ4v) is 2.35. The van der Waals surface area contributed by atoms with Gasteiger partial charge in [-0.1, -0.05) is 12.1 Å². The molecule has 92 valence electrons. The van der Waals surface area contributed by atoms with Crippen LogP contribution in [0.25, 0.3) is 0 Å². The summed E-state index contributed by atoms with van der Waals surface area (Å²) in [4.78, 5) is 13.6. The molecule has 0 saturated carbocycles. The summed E-state index contributed by atoms with van der Waals surface area (Å²) in [7, 11) is 0. The van der Waals surface area contributed by atoms with Crippen LogP contribution in [-0.4, -0.2) is 23.8 Å². The van der Waals surface area contributed by atoms with E-state index in [4.69, 9.17) is 0 Å². The Bertz CT molecular complexity index is 380. The van der Waals surface area contributed by atoms with Crippen LogP contribution in [0.5, 0.6) is 0 Å². The van der Waals surface area contributed by atoms with E-state index in [2.05, 4.69) is 4.90 Å². The molecular formula is C14H18FNO. The van der Waals surface area contributed by atoms with Crippen molar-refractivity contribution < 1.29 is 9.18 Å². The standard InChI is InChI=1S/C14H18FNO/c1-11(17)13-6-8-16(9-7-13)10-12-2-4-14(15)5-3-12/h2-5,13H,6-10H2,1H3. The first-order chi connectivity index (χ1) is 8.15. The zero-order valence-electron chi connectivity index (χ0n) is 10.2. The molecule has 3 heteroatoms. The molecule has 1 saturated heterocycles. The summed E-state index contributed by atoms with van der Waals surface area (Å²) in [6.07, 6.45) is 1.91. The third-order valence-electron chi connectivity index (χ3n) is 3.48. The fraction of sp³-hybridized carbons (Fsp3) is 0.500. The summed E-state index contributed by atoms with van der Waals surface area (Å²) < 4.78 is 12.8. The summed E-state index contributed by atoms with van der Waals surface area (Å²) in [6.45, 7) is 4.45. The van der Waals surface area contributed by atoms with E-state index in [1.807, 2.05) is 12.1 Å². The summed E-state index contributed by atoms with van der Waals surface area (Å²) in [6, 6.07) is 6.65. The predicted octanol–water partition coefficient (Wildman–Crippen LogP) is 2.63. The van der Waals surface area contributed by atoms with Crippen molar-refractivity contribution in [3.63, 3.8) is 0 Å². The van der Waals surface area contributed by atoms with Gasteiger partial charge in [-0.15, -0.1) is 0 Å². The van der Waals surface area contributed by atoms with Gasteiger partial charge < -0.3 is 0 Å². The molecule has 0 spiro atoms. The van der Waals surface area contributed by atoms with Crippen molar-refractivity contribution in [2.24, 2.45) is 5.92 Å². The third-order valence-corrected chi connectivity index (χ3v) is 3.48. The number of carbonyl (C=O) groups is 1. The van der Waals surface area contributed by atoms with Crippen molar-refractivity contribution in [1.29, 1.82) is 0 Å². The maximum Gasteiger partial charge on any atom is 0.133 e. The minimum absolute atomic E-state index is 0.191. The second kappa shape index (κ2) is 5.41. The molecule has 0 bridgehead atoms. The minimum Gasteiger partial charge on any atom is -0.300 e. The Morgan fingerprint density at radius 2 is 1.88 bits per heavy atom. The van der Waals surface area contributed by atoms with Crippen molar-refractivity contribution in [3.05, 3.63) is 35.6 Å². The van der Waals surface area contributed by atoms with Gasteiger partial charge in [0.1, 0.15) is 11.6 Å². The Morgan fingerprint density at radius 3 is 2.41 bits per heavy atom. The molecule has 1 aromatic carbocycles. The van der Waals surface area contributed by atoms with E-state index in [0.29, 0.717) is 5.78 Å². The molecule has 17 heavy (non-hydrogen) atoms. The van der Waals surface area contributed by atoms with Gasteiger partial charge in [0.15, 0.2) is 0 Å². The SMILES string of the molecule is CC(=O)C1CCN(Cc2ccc(F)cc2)CC1.